The van der Waals surface area contributed by atoms with E-state index in [9.17, 15) is 4.79 Å². The Morgan fingerprint density at radius 2 is 2.38 bits per heavy atom. The van der Waals surface area contributed by atoms with Gasteiger partial charge in [0.05, 0.1) is 17.8 Å². The number of amides is 1. The lowest BCUT2D eigenvalue weighted by Gasteiger charge is -2.10. The Bertz CT molecular complexity index is 365. The number of hydrogen-bond acceptors (Lipinski definition) is 2. The van der Waals surface area contributed by atoms with Crippen molar-refractivity contribution in [1.82, 2.24) is 9.88 Å². The smallest absolute Gasteiger partial charge is 0.256 e. The predicted octanol–water partition coefficient (Wildman–Crippen LogP) is 1.71. The molecule has 1 amide bonds. The number of rotatable bonds is 1. The topological polar surface area (TPSA) is 33.2 Å². The SMILES string of the molecule is CCN1Cc2nc(Cl)ccc2C1=O. The van der Waals surface area contributed by atoms with E-state index in [-0.39, 0.29) is 5.91 Å². The fraction of sp³-hybridized carbons (Fsp3) is 0.333. The standard InChI is InChI=1S/C9H9ClN2O/c1-2-12-5-7-6(9(12)13)3-4-8(10)11-7/h3-4H,2,5H2,1H3. The van der Waals surface area contributed by atoms with Gasteiger partial charge in [-0.15, -0.1) is 0 Å². The van der Waals surface area contributed by atoms with E-state index in [0.717, 1.165) is 5.69 Å². The van der Waals surface area contributed by atoms with E-state index in [0.29, 0.717) is 23.8 Å². The van der Waals surface area contributed by atoms with E-state index < -0.39 is 0 Å². The van der Waals surface area contributed by atoms with Gasteiger partial charge in [-0.2, -0.15) is 0 Å². The third-order valence-electron chi connectivity index (χ3n) is 2.18. The van der Waals surface area contributed by atoms with Crippen molar-refractivity contribution in [2.24, 2.45) is 0 Å². The van der Waals surface area contributed by atoms with E-state index in [2.05, 4.69) is 4.98 Å². The Morgan fingerprint density at radius 3 is 3.08 bits per heavy atom. The van der Waals surface area contributed by atoms with Crippen molar-refractivity contribution in [2.75, 3.05) is 6.54 Å². The Labute approximate surface area is 81.3 Å². The number of carbonyl (C=O) groups excluding carboxylic acids is 1. The lowest BCUT2D eigenvalue weighted by molar-refractivity contribution is 0.0787. The quantitative estimate of drug-likeness (QED) is 0.641. The minimum absolute atomic E-state index is 0.0571. The van der Waals surface area contributed by atoms with E-state index in [1.807, 2.05) is 6.92 Å². The number of halogens is 1. The molecular formula is C9H9ClN2O. The molecule has 1 aromatic rings. The molecule has 0 saturated heterocycles. The number of nitrogens with zero attached hydrogens (tertiary/aromatic N) is 2. The molecule has 0 fully saturated rings. The van der Waals surface area contributed by atoms with Crippen LogP contribution < -0.4 is 0 Å². The fourth-order valence-corrected chi connectivity index (χ4v) is 1.63. The maximum absolute atomic E-state index is 11.6. The van der Waals surface area contributed by atoms with Crippen molar-refractivity contribution in [3.63, 3.8) is 0 Å². The second-order valence-electron chi connectivity index (χ2n) is 2.95. The van der Waals surface area contributed by atoms with Crippen LogP contribution in [0.2, 0.25) is 5.15 Å². The lowest BCUT2D eigenvalue weighted by atomic mass is 10.2. The van der Waals surface area contributed by atoms with E-state index in [1.54, 1.807) is 17.0 Å². The molecule has 13 heavy (non-hydrogen) atoms. The fourth-order valence-electron chi connectivity index (χ4n) is 1.47. The highest BCUT2D eigenvalue weighted by molar-refractivity contribution is 6.29. The molecule has 0 atom stereocenters. The lowest BCUT2D eigenvalue weighted by Crippen LogP contribution is -2.22. The zero-order valence-electron chi connectivity index (χ0n) is 7.25. The van der Waals surface area contributed by atoms with Crippen molar-refractivity contribution in [1.29, 1.82) is 0 Å². The molecule has 68 valence electrons. The summed E-state index contributed by atoms with van der Waals surface area (Å²) in [5.74, 6) is 0.0571. The van der Waals surface area contributed by atoms with E-state index in [1.165, 1.54) is 0 Å². The molecule has 0 aromatic carbocycles. The van der Waals surface area contributed by atoms with Crippen LogP contribution in [0, 0.1) is 0 Å². The first-order valence-corrected chi connectivity index (χ1v) is 4.55. The zero-order valence-corrected chi connectivity index (χ0v) is 8.01. The van der Waals surface area contributed by atoms with Crippen LogP contribution in [0.15, 0.2) is 12.1 Å². The first kappa shape index (κ1) is 8.51. The normalized spacial score (nSPS) is 14.9. The van der Waals surface area contributed by atoms with Gasteiger partial charge in [0.2, 0.25) is 0 Å². The van der Waals surface area contributed by atoms with Gasteiger partial charge < -0.3 is 4.90 Å². The van der Waals surface area contributed by atoms with Crippen LogP contribution >= 0.6 is 11.6 Å². The molecule has 1 aliphatic rings. The van der Waals surface area contributed by atoms with Gasteiger partial charge in [-0.25, -0.2) is 4.98 Å². The molecule has 0 radical (unpaired) electrons. The molecule has 2 rings (SSSR count). The largest absolute Gasteiger partial charge is 0.333 e. The maximum atomic E-state index is 11.6. The monoisotopic (exact) mass is 196 g/mol. The van der Waals surface area contributed by atoms with Crippen LogP contribution in [0.3, 0.4) is 0 Å². The minimum Gasteiger partial charge on any atom is -0.333 e. The number of carbonyl (C=O) groups is 1. The summed E-state index contributed by atoms with van der Waals surface area (Å²) in [6, 6.07) is 3.39. The van der Waals surface area contributed by atoms with Gasteiger partial charge >= 0.3 is 0 Å². The molecule has 0 N–H and O–H groups in total. The van der Waals surface area contributed by atoms with Gasteiger partial charge in [-0.3, -0.25) is 4.79 Å². The van der Waals surface area contributed by atoms with Crippen molar-refractivity contribution in [3.8, 4) is 0 Å². The summed E-state index contributed by atoms with van der Waals surface area (Å²) in [6.45, 7) is 3.25. The van der Waals surface area contributed by atoms with E-state index >= 15 is 0 Å². The Hall–Kier alpha value is -1.09. The summed E-state index contributed by atoms with van der Waals surface area (Å²) >= 11 is 5.72. The molecule has 0 spiro atoms. The van der Waals surface area contributed by atoms with Crippen LogP contribution in [0.4, 0.5) is 0 Å². The molecule has 0 unspecified atom stereocenters. The zero-order chi connectivity index (χ0) is 9.42. The molecular weight excluding hydrogens is 188 g/mol. The van der Waals surface area contributed by atoms with Gasteiger partial charge in [0.25, 0.3) is 5.91 Å². The first-order valence-electron chi connectivity index (χ1n) is 4.17. The van der Waals surface area contributed by atoms with Gasteiger partial charge in [0, 0.05) is 6.54 Å². The summed E-state index contributed by atoms with van der Waals surface area (Å²) in [7, 11) is 0. The highest BCUT2D eigenvalue weighted by atomic mass is 35.5. The van der Waals surface area contributed by atoms with Crippen molar-refractivity contribution < 1.29 is 4.79 Å². The van der Waals surface area contributed by atoms with Crippen LogP contribution in [0.5, 0.6) is 0 Å². The Morgan fingerprint density at radius 1 is 1.62 bits per heavy atom. The second-order valence-corrected chi connectivity index (χ2v) is 3.33. The summed E-state index contributed by atoms with van der Waals surface area (Å²) in [6.07, 6.45) is 0. The molecule has 1 aromatic heterocycles. The Balaban J connectivity index is 2.44. The van der Waals surface area contributed by atoms with Crippen molar-refractivity contribution in [3.05, 3.63) is 28.5 Å². The highest BCUT2D eigenvalue weighted by Crippen LogP contribution is 2.22. The summed E-state index contributed by atoms with van der Waals surface area (Å²) in [4.78, 5) is 17.4. The average molecular weight is 197 g/mol. The second kappa shape index (κ2) is 3.00. The van der Waals surface area contributed by atoms with Crippen LogP contribution in [-0.2, 0) is 6.54 Å². The van der Waals surface area contributed by atoms with Gasteiger partial charge in [-0.05, 0) is 19.1 Å². The molecule has 0 aliphatic carbocycles. The van der Waals surface area contributed by atoms with Crippen molar-refractivity contribution >= 4 is 17.5 Å². The summed E-state index contributed by atoms with van der Waals surface area (Å²) in [5, 5.41) is 0.449. The van der Waals surface area contributed by atoms with E-state index in [4.69, 9.17) is 11.6 Å². The summed E-state index contributed by atoms with van der Waals surface area (Å²) in [5.41, 5.74) is 1.48. The summed E-state index contributed by atoms with van der Waals surface area (Å²) < 4.78 is 0. The Kier molecular flexibility index (Phi) is 1.96. The maximum Gasteiger partial charge on any atom is 0.256 e. The van der Waals surface area contributed by atoms with Crippen molar-refractivity contribution in [2.45, 2.75) is 13.5 Å². The first-order chi connectivity index (χ1) is 6.22. The number of fused-ring (bicyclic) bond motifs is 1. The number of hydrogen-bond donors (Lipinski definition) is 0. The average Bonchev–Trinajstić information content (AvgIpc) is 2.42. The predicted molar refractivity (Wildman–Crippen MR) is 49.7 cm³/mol. The molecule has 3 nitrogen and oxygen atoms in total. The number of pyridine rings is 1. The molecule has 1 aliphatic heterocycles. The minimum atomic E-state index is 0.0571. The van der Waals surface area contributed by atoms with Crippen LogP contribution in [0.25, 0.3) is 0 Å². The molecule has 0 bridgehead atoms. The third kappa shape index (κ3) is 1.29. The number of aromatic nitrogens is 1. The third-order valence-corrected chi connectivity index (χ3v) is 2.39. The molecule has 0 saturated carbocycles. The molecule has 2 heterocycles. The highest BCUT2D eigenvalue weighted by Gasteiger charge is 2.26. The van der Waals surface area contributed by atoms with Gasteiger partial charge in [0.1, 0.15) is 5.15 Å². The van der Waals surface area contributed by atoms with Crippen LogP contribution in [0.1, 0.15) is 23.0 Å². The van der Waals surface area contributed by atoms with Gasteiger partial charge in [-0.1, -0.05) is 11.6 Å². The van der Waals surface area contributed by atoms with Gasteiger partial charge in [0.15, 0.2) is 0 Å². The molecule has 4 heteroatoms. The van der Waals surface area contributed by atoms with Crippen LogP contribution in [-0.4, -0.2) is 22.3 Å².